The summed E-state index contributed by atoms with van der Waals surface area (Å²) >= 11 is 4.54. The number of halogens is 2. The number of sulfonamides is 1. The first kappa shape index (κ1) is 16.4. The highest BCUT2D eigenvalue weighted by Crippen LogP contribution is 2.27. The molecule has 2 N–H and O–H groups in total. The zero-order valence-corrected chi connectivity index (χ0v) is 14.4. The van der Waals surface area contributed by atoms with E-state index in [0.717, 1.165) is 6.54 Å². The van der Waals surface area contributed by atoms with Crippen LogP contribution in [0.25, 0.3) is 0 Å². The van der Waals surface area contributed by atoms with Gasteiger partial charge in [0.1, 0.15) is 10.7 Å². The molecule has 0 spiro atoms. The van der Waals surface area contributed by atoms with Crippen LogP contribution in [-0.2, 0) is 16.6 Å². The maximum Gasteiger partial charge on any atom is 0.263 e. The molecule has 0 aliphatic rings. The first-order valence-electron chi connectivity index (χ1n) is 6.19. The molecule has 0 bridgehead atoms. The van der Waals surface area contributed by atoms with Crippen LogP contribution in [0.4, 0.5) is 10.1 Å². The number of thiophene rings is 1. The highest BCUT2D eigenvalue weighted by Gasteiger charge is 2.21. The van der Waals surface area contributed by atoms with Crippen molar-refractivity contribution in [2.45, 2.75) is 18.4 Å². The highest BCUT2D eigenvalue weighted by molar-refractivity contribution is 9.10. The van der Waals surface area contributed by atoms with Crippen LogP contribution < -0.4 is 10.0 Å². The normalized spacial score (nSPS) is 11.6. The van der Waals surface area contributed by atoms with E-state index >= 15 is 0 Å². The molecular formula is C13H14BrFN2O2S2. The Morgan fingerprint density at radius 2 is 2.10 bits per heavy atom. The summed E-state index contributed by atoms with van der Waals surface area (Å²) < 4.78 is 41.4. The molecule has 0 atom stereocenters. The third-order valence-electron chi connectivity index (χ3n) is 2.70. The van der Waals surface area contributed by atoms with Crippen LogP contribution in [0.5, 0.6) is 0 Å². The van der Waals surface area contributed by atoms with E-state index in [1.54, 1.807) is 5.38 Å². The van der Waals surface area contributed by atoms with Crippen molar-refractivity contribution in [1.82, 2.24) is 5.32 Å². The molecule has 0 fully saturated rings. The van der Waals surface area contributed by atoms with E-state index < -0.39 is 15.8 Å². The van der Waals surface area contributed by atoms with Crippen molar-refractivity contribution in [1.29, 1.82) is 0 Å². The molecule has 8 heteroatoms. The van der Waals surface area contributed by atoms with E-state index in [1.165, 1.54) is 35.6 Å². The first-order valence-corrected chi connectivity index (χ1v) is 9.34. The van der Waals surface area contributed by atoms with Crippen LogP contribution in [0.1, 0.15) is 11.8 Å². The molecule has 1 aromatic heterocycles. The highest BCUT2D eigenvalue weighted by atomic mass is 79.9. The van der Waals surface area contributed by atoms with Gasteiger partial charge in [-0.15, -0.1) is 11.3 Å². The van der Waals surface area contributed by atoms with Gasteiger partial charge in [-0.2, -0.15) is 0 Å². The zero-order valence-electron chi connectivity index (χ0n) is 11.2. The summed E-state index contributed by atoms with van der Waals surface area (Å²) in [5.41, 5.74) is -0.0787. The SMILES string of the molecule is CCNCc1sccc1S(=O)(=O)Nc1cc(Br)ccc1F. The van der Waals surface area contributed by atoms with Crippen molar-refractivity contribution in [2.24, 2.45) is 0 Å². The molecule has 1 heterocycles. The summed E-state index contributed by atoms with van der Waals surface area (Å²) in [6, 6.07) is 5.63. The lowest BCUT2D eigenvalue weighted by Crippen LogP contribution is -2.17. The first-order chi connectivity index (χ1) is 9.94. The maximum absolute atomic E-state index is 13.7. The molecule has 0 saturated heterocycles. The van der Waals surface area contributed by atoms with Gasteiger partial charge in [0.25, 0.3) is 10.0 Å². The largest absolute Gasteiger partial charge is 0.312 e. The molecule has 0 saturated carbocycles. The predicted molar refractivity (Wildman–Crippen MR) is 86.6 cm³/mol. The standard InChI is InChI=1S/C13H14BrFN2O2S2/c1-2-16-8-12-13(5-6-20-12)21(18,19)17-11-7-9(14)3-4-10(11)15/h3-7,16-17H,2,8H2,1H3. The second-order valence-corrected chi connectivity index (χ2v) is 7.79. The Labute approximate surface area is 135 Å². The Morgan fingerprint density at radius 1 is 1.33 bits per heavy atom. The Hall–Kier alpha value is -0.960. The summed E-state index contributed by atoms with van der Waals surface area (Å²) in [5, 5.41) is 4.79. The van der Waals surface area contributed by atoms with Gasteiger partial charge in [-0.05, 0) is 36.2 Å². The van der Waals surface area contributed by atoms with Crippen LogP contribution >= 0.6 is 27.3 Å². The maximum atomic E-state index is 13.7. The molecule has 114 valence electrons. The van der Waals surface area contributed by atoms with Gasteiger partial charge in [-0.1, -0.05) is 22.9 Å². The third kappa shape index (κ3) is 4.03. The number of anilines is 1. The fourth-order valence-electron chi connectivity index (χ4n) is 1.71. The van der Waals surface area contributed by atoms with Crippen molar-refractivity contribution in [3.05, 3.63) is 44.8 Å². The van der Waals surface area contributed by atoms with Gasteiger partial charge in [0, 0.05) is 15.9 Å². The fraction of sp³-hybridized carbons (Fsp3) is 0.231. The number of rotatable bonds is 6. The van der Waals surface area contributed by atoms with Gasteiger partial charge in [0.15, 0.2) is 0 Å². The van der Waals surface area contributed by atoms with E-state index in [0.29, 0.717) is 15.9 Å². The van der Waals surface area contributed by atoms with Gasteiger partial charge in [-0.25, -0.2) is 12.8 Å². The van der Waals surface area contributed by atoms with Crippen LogP contribution in [0, 0.1) is 5.82 Å². The average Bonchev–Trinajstić information content (AvgIpc) is 2.89. The molecule has 2 rings (SSSR count). The molecule has 0 aliphatic carbocycles. The van der Waals surface area contributed by atoms with Crippen LogP contribution in [0.2, 0.25) is 0 Å². The molecule has 0 amide bonds. The van der Waals surface area contributed by atoms with Crippen LogP contribution in [-0.4, -0.2) is 15.0 Å². The van der Waals surface area contributed by atoms with E-state index in [2.05, 4.69) is 26.0 Å². The fourth-order valence-corrected chi connectivity index (χ4v) is 4.54. The van der Waals surface area contributed by atoms with E-state index in [9.17, 15) is 12.8 Å². The smallest absolute Gasteiger partial charge is 0.263 e. The van der Waals surface area contributed by atoms with Gasteiger partial charge >= 0.3 is 0 Å². The minimum absolute atomic E-state index is 0.0787. The van der Waals surface area contributed by atoms with Gasteiger partial charge in [0.05, 0.1) is 5.69 Å². The van der Waals surface area contributed by atoms with Gasteiger partial charge in [0.2, 0.25) is 0 Å². The van der Waals surface area contributed by atoms with E-state index in [1.807, 2.05) is 6.92 Å². The summed E-state index contributed by atoms with van der Waals surface area (Å²) in [6.07, 6.45) is 0. The Balaban J connectivity index is 2.30. The van der Waals surface area contributed by atoms with Crippen molar-refractivity contribution in [3.63, 3.8) is 0 Å². The second-order valence-electron chi connectivity index (χ2n) is 4.22. The molecule has 1 aromatic carbocycles. The third-order valence-corrected chi connectivity index (χ3v) is 5.70. The van der Waals surface area contributed by atoms with Gasteiger partial charge in [-0.3, -0.25) is 4.72 Å². The average molecular weight is 393 g/mol. The molecule has 0 unspecified atom stereocenters. The molecule has 4 nitrogen and oxygen atoms in total. The Bertz CT molecular complexity index is 732. The lowest BCUT2D eigenvalue weighted by atomic mass is 10.3. The van der Waals surface area contributed by atoms with Gasteiger partial charge < -0.3 is 5.32 Å². The summed E-state index contributed by atoms with van der Waals surface area (Å²) in [7, 11) is -3.81. The molecular weight excluding hydrogens is 379 g/mol. The van der Waals surface area contributed by atoms with Crippen molar-refractivity contribution < 1.29 is 12.8 Å². The lowest BCUT2D eigenvalue weighted by molar-refractivity contribution is 0.597. The van der Waals surface area contributed by atoms with Crippen molar-refractivity contribution in [3.8, 4) is 0 Å². The summed E-state index contributed by atoms with van der Waals surface area (Å²) in [6.45, 7) is 3.15. The van der Waals surface area contributed by atoms with Crippen LogP contribution in [0.3, 0.4) is 0 Å². The van der Waals surface area contributed by atoms with Crippen molar-refractivity contribution in [2.75, 3.05) is 11.3 Å². The van der Waals surface area contributed by atoms with E-state index in [-0.39, 0.29) is 10.6 Å². The molecule has 21 heavy (non-hydrogen) atoms. The minimum Gasteiger partial charge on any atom is -0.312 e. The predicted octanol–water partition coefficient (Wildman–Crippen LogP) is 3.56. The second kappa shape index (κ2) is 6.87. The van der Waals surface area contributed by atoms with Crippen molar-refractivity contribution >= 4 is 43.0 Å². The minimum atomic E-state index is -3.81. The zero-order chi connectivity index (χ0) is 15.5. The van der Waals surface area contributed by atoms with Crippen LogP contribution in [0.15, 0.2) is 39.0 Å². The lowest BCUT2D eigenvalue weighted by Gasteiger charge is -2.10. The topological polar surface area (TPSA) is 58.2 Å². The quantitative estimate of drug-likeness (QED) is 0.789. The number of benzene rings is 1. The Morgan fingerprint density at radius 3 is 2.81 bits per heavy atom. The molecule has 0 radical (unpaired) electrons. The molecule has 2 aromatic rings. The molecule has 0 aliphatic heterocycles. The Kier molecular flexibility index (Phi) is 5.37. The number of hydrogen-bond acceptors (Lipinski definition) is 4. The summed E-state index contributed by atoms with van der Waals surface area (Å²) in [5.74, 6) is -0.620. The monoisotopic (exact) mass is 392 g/mol. The van der Waals surface area contributed by atoms with E-state index in [4.69, 9.17) is 0 Å². The number of hydrogen-bond donors (Lipinski definition) is 2. The number of nitrogens with one attached hydrogen (secondary N) is 2. The summed E-state index contributed by atoms with van der Waals surface area (Å²) in [4.78, 5) is 0.868.